The Labute approximate surface area is 101 Å². The van der Waals surface area contributed by atoms with Crippen LogP contribution in [0, 0.1) is 35.6 Å². The van der Waals surface area contributed by atoms with Crippen LogP contribution in [0.5, 0.6) is 0 Å². The molecule has 1 nitrogen and oxygen atoms in total. The summed E-state index contributed by atoms with van der Waals surface area (Å²) in [6, 6.07) is 0. The van der Waals surface area contributed by atoms with Crippen molar-refractivity contribution in [3.63, 3.8) is 0 Å². The van der Waals surface area contributed by atoms with E-state index in [9.17, 15) is 0 Å². The second-order valence-corrected chi connectivity index (χ2v) is 0. The SMILES string of the molecule is [BaH2].[La].[O]=[Cu]. The zero-order valence-corrected chi connectivity index (χ0v) is 5.85. The van der Waals surface area contributed by atoms with Crippen LogP contribution in [-0.4, -0.2) is 48.9 Å². The first-order valence-electron chi connectivity index (χ1n) is 0.123. The van der Waals surface area contributed by atoms with Crippen LogP contribution >= 0.6 is 0 Å². The molecule has 0 amide bonds. The fraction of sp³-hybridized carbons (Fsp3) is 0. The number of hydrogen-bond donors (Lipinski definition) is 0. The van der Waals surface area contributed by atoms with Crippen LogP contribution in [0.15, 0.2) is 0 Å². The van der Waals surface area contributed by atoms with E-state index < -0.39 is 0 Å². The maximum atomic E-state index is 7.81. The van der Waals surface area contributed by atoms with Gasteiger partial charge < -0.3 is 0 Å². The van der Waals surface area contributed by atoms with Crippen LogP contribution in [0.1, 0.15) is 0 Å². The third-order valence-electron chi connectivity index (χ3n) is 0. The van der Waals surface area contributed by atoms with E-state index in [1.165, 1.54) is 0 Å². The van der Waals surface area contributed by atoms with Gasteiger partial charge >= 0.3 is 68.7 Å². The van der Waals surface area contributed by atoms with Crippen LogP contribution < -0.4 is 0 Å². The summed E-state index contributed by atoms with van der Waals surface area (Å²) in [5.41, 5.74) is 0. The number of hydrogen-bond acceptors (Lipinski definition) is 1. The van der Waals surface area contributed by atoms with Crippen LogP contribution in [0.4, 0.5) is 0 Å². The molecular formula is H2BaCuLaO. The molecule has 0 aliphatic rings. The standard InChI is InChI=1S/Ba.Cu.La.O.2H. The van der Waals surface area contributed by atoms with Gasteiger partial charge in [-0.1, -0.05) is 0 Å². The van der Waals surface area contributed by atoms with Gasteiger partial charge in [0, 0.05) is 35.6 Å². The van der Waals surface area contributed by atoms with Gasteiger partial charge in [-0.2, -0.15) is 0 Å². The molecule has 0 N–H and O–H groups in total. The predicted molar refractivity (Wildman–Crippen MR) is 9.23 cm³/mol. The summed E-state index contributed by atoms with van der Waals surface area (Å²) in [4.78, 5) is 0. The fourth-order valence-corrected chi connectivity index (χ4v) is 0. The molecule has 0 rings (SSSR count). The Hall–Kier alpha value is 3.09. The number of rotatable bonds is 0. The normalized spacial score (nSPS) is 1.50. The van der Waals surface area contributed by atoms with Gasteiger partial charge in [0.05, 0.1) is 0 Å². The van der Waals surface area contributed by atoms with Crippen molar-refractivity contribution in [3.05, 3.63) is 0 Å². The van der Waals surface area contributed by atoms with Gasteiger partial charge in [0.25, 0.3) is 0 Å². The second kappa shape index (κ2) is 16.5. The Morgan fingerprint density at radius 3 is 1.25 bits per heavy atom. The molecule has 4 heteroatoms. The third-order valence-corrected chi connectivity index (χ3v) is 0. The molecule has 0 saturated heterocycles. The zero-order valence-electron chi connectivity index (χ0n) is 1.29. The van der Waals surface area contributed by atoms with E-state index in [4.69, 9.17) is 3.83 Å². The average molecular weight is 358 g/mol. The quantitative estimate of drug-likeness (QED) is 0.506. The summed E-state index contributed by atoms with van der Waals surface area (Å²) >= 11 is 2.94. The van der Waals surface area contributed by atoms with E-state index in [2.05, 4.69) is 15.9 Å². The van der Waals surface area contributed by atoms with Gasteiger partial charge in [-0.05, 0) is 0 Å². The van der Waals surface area contributed by atoms with E-state index in [1.807, 2.05) is 0 Å². The second-order valence-electron chi connectivity index (χ2n) is 0. The molecule has 0 spiro atoms. The molecule has 0 aromatic rings. The first kappa shape index (κ1) is 15.7. The molecule has 0 fully saturated rings. The Bertz CT molecular complexity index is 8.00. The minimum atomic E-state index is 0. The van der Waals surface area contributed by atoms with Gasteiger partial charge in [0.2, 0.25) is 0 Å². The van der Waals surface area contributed by atoms with E-state index in [1.54, 1.807) is 0 Å². The Morgan fingerprint density at radius 1 is 1.25 bits per heavy atom. The molecule has 24 valence electrons. The van der Waals surface area contributed by atoms with Gasteiger partial charge in [0.15, 0.2) is 0 Å². The van der Waals surface area contributed by atoms with Gasteiger partial charge in [0.1, 0.15) is 0 Å². The van der Waals surface area contributed by atoms with Crippen molar-refractivity contribution in [3.8, 4) is 0 Å². The summed E-state index contributed by atoms with van der Waals surface area (Å²) in [6.45, 7) is 0. The Morgan fingerprint density at radius 2 is 1.25 bits per heavy atom. The van der Waals surface area contributed by atoms with Crippen LogP contribution in [-0.2, 0) is 19.8 Å². The fourth-order valence-electron chi connectivity index (χ4n) is 0. The molecule has 0 aromatic carbocycles. The molecule has 0 aliphatic carbocycles. The molecule has 0 atom stereocenters. The van der Waals surface area contributed by atoms with E-state index in [0.29, 0.717) is 0 Å². The molecule has 0 bridgehead atoms. The van der Waals surface area contributed by atoms with Crippen molar-refractivity contribution in [2.45, 2.75) is 0 Å². The van der Waals surface area contributed by atoms with Crippen molar-refractivity contribution < 1.29 is 55.4 Å². The first-order chi connectivity index (χ1) is 1.00. The summed E-state index contributed by atoms with van der Waals surface area (Å²) in [5.74, 6) is 0. The van der Waals surface area contributed by atoms with Crippen molar-refractivity contribution in [2.75, 3.05) is 0 Å². The predicted octanol–water partition coefficient (Wildman–Crippen LogP) is -1.04. The van der Waals surface area contributed by atoms with E-state index >= 15 is 0 Å². The molecule has 0 saturated carbocycles. The molecule has 0 aliphatic heterocycles. The topological polar surface area (TPSA) is 17.1 Å². The van der Waals surface area contributed by atoms with Crippen molar-refractivity contribution in [1.82, 2.24) is 0 Å². The molecule has 4 heavy (non-hydrogen) atoms. The van der Waals surface area contributed by atoms with Crippen molar-refractivity contribution in [2.24, 2.45) is 0 Å². The Kier molecular flexibility index (Phi) is 65.0. The Balaban J connectivity index is -0.00000000500. The van der Waals surface area contributed by atoms with Gasteiger partial charge in [-0.25, -0.2) is 0 Å². The summed E-state index contributed by atoms with van der Waals surface area (Å²) in [6.07, 6.45) is 0. The van der Waals surface area contributed by atoms with E-state index in [-0.39, 0.29) is 84.5 Å². The van der Waals surface area contributed by atoms with Gasteiger partial charge in [-0.15, -0.1) is 0 Å². The van der Waals surface area contributed by atoms with Crippen molar-refractivity contribution >= 4 is 48.9 Å². The molecule has 0 aromatic heterocycles. The average Bonchev–Trinajstić information content (AvgIpc) is 1.00. The zero-order chi connectivity index (χ0) is 2.00. The van der Waals surface area contributed by atoms with E-state index in [0.717, 1.165) is 0 Å². The van der Waals surface area contributed by atoms with Crippen LogP contribution in [0.2, 0.25) is 0 Å². The third kappa shape index (κ3) is 8.92. The van der Waals surface area contributed by atoms with Crippen LogP contribution in [0.25, 0.3) is 0 Å². The molecule has 0 heterocycles. The minimum absolute atomic E-state index is 0. The van der Waals surface area contributed by atoms with Gasteiger partial charge in [-0.3, -0.25) is 0 Å². The van der Waals surface area contributed by atoms with Crippen LogP contribution in [0.3, 0.4) is 0 Å². The monoisotopic (exact) mass is 358 g/mol. The first-order valence-corrected chi connectivity index (χ1v) is 0.508. The summed E-state index contributed by atoms with van der Waals surface area (Å²) in [5, 5.41) is 0. The molecule has 1 radical (unpaired) electrons. The summed E-state index contributed by atoms with van der Waals surface area (Å²) < 4.78 is 7.81. The maximum absolute atomic E-state index is 7.81. The summed E-state index contributed by atoms with van der Waals surface area (Å²) in [7, 11) is 0. The van der Waals surface area contributed by atoms with Crippen molar-refractivity contribution in [1.29, 1.82) is 0 Å². The molecular weight excluding hydrogens is 356 g/mol. The molecule has 0 unspecified atom stereocenters.